The highest BCUT2D eigenvalue weighted by atomic mass is 35.5. The molecule has 0 aromatic heterocycles. The summed E-state index contributed by atoms with van der Waals surface area (Å²) in [6.07, 6.45) is 1.39. The van der Waals surface area contributed by atoms with Crippen molar-refractivity contribution < 1.29 is 9.47 Å². The summed E-state index contributed by atoms with van der Waals surface area (Å²) in [5.74, 6) is 0. The Morgan fingerprint density at radius 1 is 1.50 bits per heavy atom. The van der Waals surface area contributed by atoms with E-state index in [1.54, 1.807) is 7.11 Å². The first-order chi connectivity index (χ1) is 9.72. The predicted octanol–water partition coefficient (Wildman–Crippen LogP) is 3.35. The number of methoxy groups -OCH3 is 1. The first-order valence-electron chi connectivity index (χ1n) is 6.97. The molecule has 5 heteroatoms. The van der Waals surface area contributed by atoms with Gasteiger partial charge < -0.3 is 14.8 Å². The minimum atomic E-state index is 0.297. The molecule has 1 fully saturated rings. The Hall–Kier alpha value is -0.260. The lowest BCUT2D eigenvalue weighted by Gasteiger charge is -2.17. The van der Waals surface area contributed by atoms with Crippen LogP contribution in [0.4, 0.5) is 0 Å². The molecular formula is C15H22ClNO2S. The monoisotopic (exact) mass is 315 g/mol. The molecule has 2 atom stereocenters. The highest BCUT2D eigenvalue weighted by Crippen LogP contribution is 2.38. The molecule has 20 heavy (non-hydrogen) atoms. The van der Waals surface area contributed by atoms with Gasteiger partial charge in [-0.15, -0.1) is 11.8 Å². The maximum Gasteiger partial charge on any atom is 0.0669 e. The topological polar surface area (TPSA) is 30.5 Å². The molecule has 1 aromatic carbocycles. The van der Waals surface area contributed by atoms with Crippen molar-refractivity contribution in [3.8, 4) is 0 Å². The molecular weight excluding hydrogens is 294 g/mol. The number of thioether (sulfide) groups is 1. The summed E-state index contributed by atoms with van der Waals surface area (Å²) in [7, 11) is 1.71. The minimum Gasteiger partial charge on any atom is -0.383 e. The largest absolute Gasteiger partial charge is 0.383 e. The van der Waals surface area contributed by atoms with Crippen molar-refractivity contribution in [3.63, 3.8) is 0 Å². The standard InChI is InChI=1S/C15H22ClNO2S/c1-11-14(6-8-19-11)20-15-12(4-3-5-13(15)16)10-17-7-9-18-2/h3-5,11,14,17H,6-10H2,1-2H3. The van der Waals surface area contributed by atoms with Gasteiger partial charge in [0.15, 0.2) is 0 Å². The average molecular weight is 316 g/mol. The van der Waals surface area contributed by atoms with Crippen molar-refractivity contribution in [2.45, 2.75) is 36.1 Å². The zero-order chi connectivity index (χ0) is 14.4. The van der Waals surface area contributed by atoms with E-state index in [9.17, 15) is 0 Å². The highest BCUT2D eigenvalue weighted by molar-refractivity contribution is 8.00. The fourth-order valence-electron chi connectivity index (χ4n) is 2.24. The van der Waals surface area contributed by atoms with Crippen molar-refractivity contribution in [2.24, 2.45) is 0 Å². The van der Waals surface area contributed by atoms with E-state index in [-0.39, 0.29) is 0 Å². The fraction of sp³-hybridized carbons (Fsp3) is 0.600. The average Bonchev–Trinajstić information content (AvgIpc) is 2.84. The third kappa shape index (κ3) is 4.37. The van der Waals surface area contributed by atoms with Crippen LogP contribution < -0.4 is 5.32 Å². The van der Waals surface area contributed by atoms with Gasteiger partial charge in [-0.2, -0.15) is 0 Å². The van der Waals surface area contributed by atoms with E-state index in [1.807, 2.05) is 23.9 Å². The highest BCUT2D eigenvalue weighted by Gasteiger charge is 2.26. The van der Waals surface area contributed by atoms with Crippen molar-refractivity contribution in [3.05, 3.63) is 28.8 Å². The molecule has 1 aromatic rings. The van der Waals surface area contributed by atoms with E-state index in [4.69, 9.17) is 21.1 Å². The molecule has 1 aliphatic rings. The van der Waals surface area contributed by atoms with Crippen LogP contribution >= 0.6 is 23.4 Å². The number of rotatable bonds is 7. The third-order valence-electron chi connectivity index (χ3n) is 3.42. The summed E-state index contributed by atoms with van der Waals surface area (Å²) >= 11 is 8.23. The van der Waals surface area contributed by atoms with Gasteiger partial charge >= 0.3 is 0 Å². The lowest BCUT2D eigenvalue weighted by molar-refractivity contribution is 0.127. The van der Waals surface area contributed by atoms with Crippen molar-refractivity contribution in [1.29, 1.82) is 0 Å². The van der Waals surface area contributed by atoms with Gasteiger partial charge in [-0.3, -0.25) is 0 Å². The number of benzene rings is 1. The summed E-state index contributed by atoms with van der Waals surface area (Å²) in [6.45, 7) is 5.36. The Labute approximate surface area is 130 Å². The van der Waals surface area contributed by atoms with Gasteiger partial charge in [0.1, 0.15) is 0 Å². The van der Waals surface area contributed by atoms with Gasteiger partial charge in [-0.25, -0.2) is 0 Å². The molecule has 1 heterocycles. The Bertz CT molecular complexity index is 430. The molecule has 0 aliphatic carbocycles. The zero-order valence-electron chi connectivity index (χ0n) is 12.0. The fourth-order valence-corrected chi connectivity index (χ4v) is 3.83. The maximum atomic E-state index is 6.38. The molecule has 1 saturated heterocycles. The second-order valence-corrected chi connectivity index (χ2v) is 6.58. The van der Waals surface area contributed by atoms with Gasteiger partial charge in [0.25, 0.3) is 0 Å². The maximum absolute atomic E-state index is 6.38. The summed E-state index contributed by atoms with van der Waals surface area (Å²) in [4.78, 5) is 1.18. The predicted molar refractivity (Wildman–Crippen MR) is 84.7 cm³/mol. The van der Waals surface area contributed by atoms with Crippen LogP contribution in [0.5, 0.6) is 0 Å². The molecule has 3 nitrogen and oxygen atoms in total. The van der Waals surface area contributed by atoms with Crippen LogP contribution in [-0.4, -0.2) is 38.2 Å². The van der Waals surface area contributed by atoms with Crippen LogP contribution in [0.25, 0.3) is 0 Å². The molecule has 1 N–H and O–H groups in total. The summed E-state index contributed by atoms with van der Waals surface area (Å²) < 4.78 is 10.7. The Balaban J connectivity index is 2.02. The number of hydrogen-bond donors (Lipinski definition) is 1. The third-order valence-corrected chi connectivity index (χ3v) is 5.49. The van der Waals surface area contributed by atoms with Gasteiger partial charge in [-0.1, -0.05) is 23.7 Å². The Kier molecular flexibility index (Phi) is 6.65. The van der Waals surface area contributed by atoms with E-state index < -0.39 is 0 Å². The number of ether oxygens (including phenoxy) is 2. The molecule has 0 bridgehead atoms. The van der Waals surface area contributed by atoms with Gasteiger partial charge in [-0.05, 0) is 25.0 Å². The van der Waals surface area contributed by atoms with Crippen LogP contribution in [0.3, 0.4) is 0 Å². The molecule has 0 radical (unpaired) electrons. The molecule has 0 amide bonds. The van der Waals surface area contributed by atoms with Crippen LogP contribution in [0, 0.1) is 0 Å². The van der Waals surface area contributed by atoms with Crippen LogP contribution in [0.15, 0.2) is 23.1 Å². The Morgan fingerprint density at radius 3 is 3.05 bits per heavy atom. The SMILES string of the molecule is COCCNCc1cccc(Cl)c1SC1CCOC1C. The molecule has 2 unspecified atom stereocenters. The normalized spacial score (nSPS) is 22.4. The molecule has 2 rings (SSSR count). The minimum absolute atomic E-state index is 0.297. The number of nitrogens with one attached hydrogen (secondary N) is 1. The van der Waals surface area contributed by atoms with E-state index in [2.05, 4.69) is 18.3 Å². The summed E-state index contributed by atoms with van der Waals surface area (Å²) in [5.41, 5.74) is 1.25. The Morgan fingerprint density at radius 2 is 2.35 bits per heavy atom. The summed E-state index contributed by atoms with van der Waals surface area (Å²) in [5, 5.41) is 4.70. The first-order valence-corrected chi connectivity index (χ1v) is 8.23. The summed E-state index contributed by atoms with van der Waals surface area (Å²) in [6, 6.07) is 6.10. The van der Waals surface area contributed by atoms with E-state index in [0.29, 0.717) is 11.4 Å². The molecule has 1 aliphatic heterocycles. The molecule has 112 valence electrons. The second kappa shape index (κ2) is 8.25. The van der Waals surface area contributed by atoms with Crippen LogP contribution in [0.1, 0.15) is 18.9 Å². The van der Waals surface area contributed by atoms with Gasteiger partial charge in [0.05, 0.1) is 17.7 Å². The van der Waals surface area contributed by atoms with Gasteiger partial charge in [0.2, 0.25) is 0 Å². The van der Waals surface area contributed by atoms with Crippen molar-refractivity contribution in [1.82, 2.24) is 5.32 Å². The van der Waals surface area contributed by atoms with Crippen molar-refractivity contribution in [2.75, 3.05) is 26.9 Å². The van der Waals surface area contributed by atoms with E-state index in [0.717, 1.165) is 37.7 Å². The first kappa shape index (κ1) is 16.1. The van der Waals surface area contributed by atoms with Crippen LogP contribution in [-0.2, 0) is 16.0 Å². The van der Waals surface area contributed by atoms with Crippen molar-refractivity contribution >= 4 is 23.4 Å². The second-order valence-electron chi connectivity index (χ2n) is 4.92. The van der Waals surface area contributed by atoms with E-state index >= 15 is 0 Å². The zero-order valence-corrected chi connectivity index (χ0v) is 13.6. The lowest BCUT2D eigenvalue weighted by Crippen LogP contribution is -2.19. The number of hydrogen-bond acceptors (Lipinski definition) is 4. The van der Waals surface area contributed by atoms with E-state index in [1.165, 1.54) is 10.5 Å². The molecule has 0 saturated carbocycles. The smallest absolute Gasteiger partial charge is 0.0669 e. The van der Waals surface area contributed by atoms with Gasteiger partial charge in [0, 0.05) is 37.0 Å². The quantitative estimate of drug-likeness (QED) is 0.782. The lowest BCUT2D eigenvalue weighted by atomic mass is 10.2. The van der Waals surface area contributed by atoms with Crippen LogP contribution in [0.2, 0.25) is 5.02 Å². The number of halogens is 1. The molecule has 0 spiro atoms.